The molecule has 1 amide bonds. The van der Waals surface area contributed by atoms with E-state index in [0.29, 0.717) is 16.9 Å². The molecule has 0 unspecified atom stereocenters. The van der Waals surface area contributed by atoms with Crippen molar-refractivity contribution in [3.05, 3.63) is 41.6 Å². The molecule has 2 heterocycles. The summed E-state index contributed by atoms with van der Waals surface area (Å²) < 4.78 is 1.49. The highest BCUT2D eigenvalue weighted by Gasteiger charge is 2.18. The average Bonchev–Trinajstić information content (AvgIpc) is 2.96. The molecule has 22 heavy (non-hydrogen) atoms. The minimum atomic E-state index is 0.0670. The van der Waals surface area contributed by atoms with E-state index in [9.17, 15) is 4.79 Å². The van der Waals surface area contributed by atoms with E-state index in [1.54, 1.807) is 24.3 Å². The molecule has 1 saturated heterocycles. The van der Waals surface area contributed by atoms with Crippen LogP contribution in [-0.2, 0) is 0 Å². The van der Waals surface area contributed by atoms with Gasteiger partial charge in [-0.25, -0.2) is 4.68 Å². The molecule has 2 N–H and O–H groups in total. The first-order valence-corrected chi connectivity index (χ1v) is 7.34. The lowest BCUT2D eigenvalue weighted by molar-refractivity contribution is 0.0724. The lowest BCUT2D eigenvalue weighted by Crippen LogP contribution is -2.35. The largest absolute Gasteiger partial charge is 0.382 e. The number of rotatable bonds is 2. The maximum absolute atomic E-state index is 12.4. The number of hydrogen-bond donors (Lipinski definition) is 1. The molecule has 1 aliphatic heterocycles. The van der Waals surface area contributed by atoms with E-state index in [1.165, 1.54) is 17.3 Å². The normalized spacial score (nSPS) is 14.6. The number of carbonyl (C=O) groups excluding carboxylic acids is 1. The van der Waals surface area contributed by atoms with Crippen molar-refractivity contribution in [1.82, 2.24) is 14.7 Å². The van der Waals surface area contributed by atoms with E-state index >= 15 is 0 Å². The first-order chi connectivity index (χ1) is 10.7. The molecule has 0 radical (unpaired) electrons. The number of hydrogen-bond acceptors (Lipinski definition) is 4. The number of piperidine rings is 1. The second-order valence-electron chi connectivity index (χ2n) is 5.37. The quantitative estimate of drug-likeness (QED) is 0.917. The van der Waals surface area contributed by atoms with Gasteiger partial charge in [-0.2, -0.15) is 10.4 Å². The van der Waals surface area contributed by atoms with Gasteiger partial charge in [0, 0.05) is 18.7 Å². The number of likely N-dealkylation sites (tertiary alicyclic amines) is 1. The van der Waals surface area contributed by atoms with Gasteiger partial charge in [0.25, 0.3) is 5.91 Å². The lowest BCUT2D eigenvalue weighted by atomic mass is 10.1. The van der Waals surface area contributed by atoms with Gasteiger partial charge in [0.15, 0.2) is 0 Å². The molecule has 0 saturated carbocycles. The molecule has 6 nitrogen and oxygen atoms in total. The molecule has 0 spiro atoms. The first kappa shape index (κ1) is 14.1. The van der Waals surface area contributed by atoms with E-state index in [4.69, 9.17) is 11.0 Å². The lowest BCUT2D eigenvalue weighted by Gasteiger charge is -2.26. The van der Waals surface area contributed by atoms with Gasteiger partial charge in [0.1, 0.15) is 17.5 Å². The van der Waals surface area contributed by atoms with Gasteiger partial charge in [0.2, 0.25) is 0 Å². The van der Waals surface area contributed by atoms with Crippen LogP contribution in [0.25, 0.3) is 5.69 Å². The van der Waals surface area contributed by atoms with E-state index < -0.39 is 0 Å². The molecule has 1 aromatic carbocycles. The van der Waals surface area contributed by atoms with E-state index in [-0.39, 0.29) is 5.91 Å². The van der Waals surface area contributed by atoms with Crippen molar-refractivity contribution in [3.8, 4) is 11.8 Å². The highest BCUT2D eigenvalue weighted by atomic mass is 16.2. The number of amides is 1. The zero-order valence-electron chi connectivity index (χ0n) is 12.2. The fraction of sp³-hybridized carbons (Fsp3) is 0.312. The molecule has 6 heteroatoms. The summed E-state index contributed by atoms with van der Waals surface area (Å²) in [4.78, 5) is 14.3. The maximum atomic E-state index is 12.4. The average molecular weight is 295 g/mol. The Morgan fingerprint density at radius 3 is 2.45 bits per heavy atom. The second-order valence-corrected chi connectivity index (χ2v) is 5.37. The van der Waals surface area contributed by atoms with E-state index in [2.05, 4.69) is 5.10 Å². The van der Waals surface area contributed by atoms with Gasteiger partial charge in [0.05, 0.1) is 11.9 Å². The molecule has 1 aromatic heterocycles. The highest BCUT2D eigenvalue weighted by molar-refractivity contribution is 5.94. The number of carbonyl (C=O) groups is 1. The summed E-state index contributed by atoms with van der Waals surface area (Å²) >= 11 is 0. The van der Waals surface area contributed by atoms with Crippen LogP contribution in [0.2, 0.25) is 0 Å². The highest BCUT2D eigenvalue weighted by Crippen LogP contribution is 2.18. The van der Waals surface area contributed by atoms with Gasteiger partial charge < -0.3 is 10.6 Å². The van der Waals surface area contributed by atoms with Gasteiger partial charge in [-0.1, -0.05) is 0 Å². The van der Waals surface area contributed by atoms with Crippen molar-refractivity contribution < 1.29 is 4.79 Å². The molecule has 3 rings (SSSR count). The Morgan fingerprint density at radius 2 is 1.86 bits per heavy atom. The van der Waals surface area contributed by atoms with Crippen molar-refractivity contribution in [3.63, 3.8) is 0 Å². The summed E-state index contributed by atoms with van der Waals surface area (Å²) in [5, 5.41) is 13.0. The van der Waals surface area contributed by atoms with Gasteiger partial charge in [-0.05, 0) is 43.5 Å². The van der Waals surface area contributed by atoms with Crippen molar-refractivity contribution in [2.75, 3.05) is 18.8 Å². The van der Waals surface area contributed by atoms with Gasteiger partial charge in [-0.15, -0.1) is 0 Å². The molecule has 2 aromatic rings. The van der Waals surface area contributed by atoms with Crippen LogP contribution in [0, 0.1) is 11.3 Å². The van der Waals surface area contributed by atoms with Crippen LogP contribution in [0.15, 0.2) is 30.5 Å². The zero-order valence-corrected chi connectivity index (χ0v) is 12.2. The maximum Gasteiger partial charge on any atom is 0.253 e. The number of nitrogen functional groups attached to an aromatic ring is 1. The van der Waals surface area contributed by atoms with Crippen molar-refractivity contribution in [2.24, 2.45) is 0 Å². The van der Waals surface area contributed by atoms with Crippen LogP contribution in [0.3, 0.4) is 0 Å². The summed E-state index contributed by atoms with van der Waals surface area (Å²) in [6.07, 6.45) is 4.78. The Bertz CT molecular complexity index is 720. The molecular formula is C16H17N5O. The van der Waals surface area contributed by atoms with Gasteiger partial charge in [-0.3, -0.25) is 4.79 Å². The van der Waals surface area contributed by atoms with Gasteiger partial charge >= 0.3 is 0 Å². The van der Waals surface area contributed by atoms with Crippen LogP contribution in [0.4, 0.5) is 5.82 Å². The standard InChI is InChI=1S/C16H17N5O/c17-10-13-11-19-21(15(13)18)14-6-4-12(5-7-14)16(22)20-8-2-1-3-9-20/h4-7,11H,1-3,8-9,18H2. The first-order valence-electron chi connectivity index (χ1n) is 7.34. The number of aromatic nitrogens is 2. The van der Waals surface area contributed by atoms with Crippen LogP contribution in [0.5, 0.6) is 0 Å². The van der Waals surface area contributed by atoms with E-state index in [0.717, 1.165) is 31.6 Å². The Balaban J connectivity index is 1.82. The van der Waals surface area contributed by atoms with Crippen LogP contribution < -0.4 is 5.73 Å². The Labute approximate surface area is 128 Å². The van der Waals surface area contributed by atoms with Crippen molar-refractivity contribution >= 4 is 11.7 Å². The zero-order chi connectivity index (χ0) is 15.5. The third-order valence-electron chi connectivity index (χ3n) is 3.93. The summed E-state index contributed by atoms with van der Waals surface area (Å²) in [6, 6.07) is 9.13. The molecular weight excluding hydrogens is 278 g/mol. The summed E-state index contributed by atoms with van der Waals surface area (Å²) in [5.41, 5.74) is 7.60. The minimum absolute atomic E-state index is 0.0670. The Hall–Kier alpha value is -2.81. The molecule has 1 aliphatic rings. The molecule has 0 aliphatic carbocycles. The number of benzene rings is 1. The second kappa shape index (κ2) is 5.90. The fourth-order valence-corrected chi connectivity index (χ4v) is 2.67. The summed E-state index contributed by atoms with van der Waals surface area (Å²) in [7, 11) is 0. The van der Waals surface area contributed by atoms with Crippen LogP contribution >= 0.6 is 0 Å². The SMILES string of the molecule is N#Cc1cnn(-c2ccc(C(=O)N3CCCCC3)cc2)c1N. The Morgan fingerprint density at radius 1 is 1.18 bits per heavy atom. The molecule has 0 atom stereocenters. The fourth-order valence-electron chi connectivity index (χ4n) is 2.67. The number of anilines is 1. The minimum Gasteiger partial charge on any atom is -0.382 e. The predicted molar refractivity (Wildman–Crippen MR) is 82.4 cm³/mol. The van der Waals surface area contributed by atoms with Crippen LogP contribution in [-0.4, -0.2) is 33.7 Å². The third-order valence-corrected chi connectivity index (χ3v) is 3.93. The number of nitrogens with two attached hydrogens (primary N) is 1. The number of nitrogens with zero attached hydrogens (tertiary/aromatic N) is 4. The van der Waals surface area contributed by atoms with Crippen LogP contribution in [0.1, 0.15) is 35.2 Å². The smallest absolute Gasteiger partial charge is 0.253 e. The van der Waals surface area contributed by atoms with E-state index in [1.807, 2.05) is 11.0 Å². The topological polar surface area (TPSA) is 87.9 Å². The monoisotopic (exact) mass is 295 g/mol. The molecule has 0 bridgehead atoms. The van der Waals surface area contributed by atoms with Crippen molar-refractivity contribution in [1.29, 1.82) is 5.26 Å². The predicted octanol–water partition coefficient (Wildman–Crippen LogP) is 1.95. The Kier molecular flexibility index (Phi) is 3.79. The summed E-state index contributed by atoms with van der Waals surface area (Å²) in [6.45, 7) is 1.66. The summed E-state index contributed by atoms with van der Waals surface area (Å²) in [5.74, 6) is 0.370. The van der Waals surface area contributed by atoms with Crippen molar-refractivity contribution in [2.45, 2.75) is 19.3 Å². The number of nitriles is 1. The third kappa shape index (κ3) is 2.53. The molecule has 1 fully saturated rings. The molecule has 112 valence electrons.